The summed E-state index contributed by atoms with van der Waals surface area (Å²) < 4.78 is 14.4. The highest BCUT2D eigenvalue weighted by Crippen LogP contribution is 2.24. The Morgan fingerprint density at radius 1 is 1.29 bits per heavy atom. The molecular formula is C16H17ClFN3O2S. The Kier molecular flexibility index (Phi) is 6.30. The summed E-state index contributed by atoms with van der Waals surface area (Å²) in [5, 5.41) is 9.99. The van der Waals surface area contributed by atoms with Gasteiger partial charge in [0.1, 0.15) is 5.82 Å². The van der Waals surface area contributed by atoms with Gasteiger partial charge < -0.3 is 16.0 Å². The second-order valence-corrected chi connectivity index (χ2v) is 6.15. The lowest BCUT2D eigenvalue weighted by atomic mass is 9.99. The van der Waals surface area contributed by atoms with Gasteiger partial charge in [0.2, 0.25) is 5.91 Å². The van der Waals surface area contributed by atoms with Crippen LogP contribution in [0.3, 0.4) is 0 Å². The van der Waals surface area contributed by atoms with Gasteiger partial charge in [0, 0.05) is 6.54 Å². The van der Waals surface area contributed by atoms with Crippen LogP contribution in [0, 0.1) is 5.82 Å². The molecule has 0 saturated carbocycles. The summed E-state index contributed by atoms with van der Waals surface area (Å²) in [6, 6.07) is 6.80. The van der Waals surface area contributed by atoms with E-state index in [1.807, 2.05) is 6.07 Å². The number of rotatable bonds is 4. The zero-order valence-electron chi connectivity index (χ0n) is 12.7. The molecule has 1 aromatic carbocycles. The number of amides is 2. The molecule has 0 bridgehead atoms. The third kappa shape index (κ3) is 4.11. The van der Waals surface area contributed by atoms with Gasteiger partial charge in [-0.25, -0.2) is 4.39 Å². The van der Waals surface area contributed by atoms with Gasteiger partial charge in [-0.2, -0.15) is 0 Å². The summed E-state index contributed by atoms with van der Waals surface area (Å²) in [4.78, 5) is 24.2. The lowest BCUT2D eigenvalue weighted by molar-refractivity contribution is -0.115. The molecule has 1 aliphatic heterocycles. The van der Waals surface area contributed by atoms with E-state index in [4.69, 9.17) is 0 Å². The molecule has 3 rings (SSSR count). The molecule has 0 spiro atoms. The van der Waals surface area contributed by atoms with Crippen molar-refractivity contribution >= 4 is 41.2 Å². The maximum Gasteiger partial charge on any atom is 0.261 e. The second-order valence-electron chi connectivity index (χ2n) is 5.20. The number of hydrogen-bond donors (Lipinski definition) is 3. The lowest BCUT2D eigenvalue weighted by Crippen LogP contribution is -2.33. The van der Waals surface area contributed by atoms with Crippen molar-refractivity contribution in [2.45, 2.75) is 13.0 Å². The molecule has 0 aliphatic carbocycles. The molecule has 0 saturated heterocycles. The molecule has 3 N–H and O–H groups in total. The van der Waals surface area contributed by atoms with Crippen LogP contribution in [0.4, 0.5) is 10.1 Å². The van der Waals surface area contributed by atoms with Crippen LogP contribution in [0.1, 0.15) is 20.8 Å². The highest BCUT2D eigenvalue weighted by molar-refractivity contribution is 7.12. The molecule has 0 atom stereocenters. The van der Waals surface area contributed by atoms with Crippen LogP contribution in [0.15, 0.2) is 29.6 Å². The molecule has 8 heteroatoms. The molecule has 5 nitrogen and oxygen atoms in total. The van der Waals surface area contributed by atoms with Crippen LogP contribution < -0.4 is 16.0 Å². The average Bonchev–Trinajstić information content (AvgIpc) is 3.10. The van der Waals surface area contributed by atoms with Crippen LogP contribution >= 0.6 is 23.7 Å². The highest BCUT2D eigenvalue weighted by Gasteiger charge is 2.17. The Hall–Kier alpha value is -1.96. The van der Waals surface area contributed by atoms with Crippen LogP contribution in [0.2, 0.25) is 0 Å². The monoisotopic (exact) mass is 369 g/mol. The number of thiophene rings is 1. The van der Waals surface area contributed by atoms with Crippen molar-refractivity contribution in [3.8, 4) is 0 Å². The molecule has 2 amide bonds. The zero-order valence-corrected chi connectivity index (χ0v) is 14.4. The van der Waals surface area contributed by atoms with E-state index in [2.05, 4.69) is 16.0 Å². The van der Waals surface area contributed by atoms with Gasteiger partial charge in [-0.15, -0.1) is 23.7 Å². The number of carbonyl (C=O) groups is 2. The third-order valence-corrected chi connectivity index (χ3v) is 4.50. The molecule has 0 fully saturated rings. The Labute approximate surface area is 149 Å². The highest BCUT2D eigenvalue weighted by atomic mass is 35.5. The molecule has 2 aromatic rings. The van der Waals surface area contributed by atoms with Gasteiger partial charge in [-0.1, -0.05) is 12.1 Å². The Morgan fingerprint density at radius 2 is 2.12 bits per heavy atom. The minimum atomic E-state index is -0.456. The largest absolute Gasteiger partial charge is 0.342 e. The van der Waals surface area contributed by atoms with Crippen LogP contribution in [0.25, 0.3) is 0 Å². The number of nitrogens with one attached hydrogen (secondary N) is 3. The molecule has 2 heterocycles. The van der Waals surface area contributed by atoms with Crippen LogP contribution in [-0.4, -0.2) is 24.9 Å². The van der Waals surface area contributed by atoms with E-state index in [0.29, 0.717) is 23.4 Å². The normalized spacial score (nSPS) is 12.7. The molecule has 1 aromatic heterocycles. The topological polar surface area (TPSA) is 70.2 Å². The van der Waals surface area contributed by atoms with Gasteiger partial charge in [-0.3, -0.25) is 9.59 Å². The smallest absolute Gasteiger partial charge is 0.261 e. The van der Waals surface area contributed by atoms with Gasteiger partial charge >= 0.3 is 0 Å². The minimum Gasteiger partial charge on any atom is -0.342 e. The molecule has 128 valence electrons. The summed E-state index contributed by atoms with van der Waals surface area (Å²) in [5.74, 6) is -1.16. The van der Waals surface area contributed by atoms with Crippen molar-refractivity contribution < 1.29 is 14.0 Å². The van der Waals surface area contributed by atoms with E-state index in [1.165, 1.54) is 11.3 Å². The number of benzene rings is 1. The fourth-order valence-electron chi connectivity index (χ4n) is 2.48. The first-order valence-corrected chi connectivity index (χ1v) is 8.15. The van der Waals surface area contributed by atoms with E-state index >= 15 is 0 Å². The van der Waals surface area contributed by atoms with Crippen LogP contribution in [0.5, 0.6) is 0 Å². The number of hydrogen-bond acceptors (Lipinski definition) is 4. The van der Waals surface area contributed by atoms with Crippen LogP contribution in [-0.2, 0) is 17.8 Å². The Bertz CT molecular complexity index is 737. The maximum absolute atomic E-state index is 14.4. The third-order valence-electron chi connectivity index (χ3n) is 3.64. The summed E-state index contributed by atoms with van der Waals surface area (Å²) in [7, 11) is 0. The van der Waals surface area contributed by atoms with E-state index in [9.17, 15) is 14.0 Å². The standard InChI is InChI=1S/C16H16FN3O2S.ClH/c17-15-11-5-6-18-8-10(11)3-4-12(15)20-14(21)9-19-16(22)13-2-1-7-23-13;/h1-4,7,18H,5-6,8-9H2,(H,19,22)(H,20,21);1H. The average molecular weight is 370 g/mol. The summed E-state index contributed by atoms with van der Waals surface area (Å²) >= 11 is 1.29. The molecular weight excluding hydrogens is 353 g/mol. The summed E-state index contributed by atoms with van der Waals surface area (Å²) in [6.07, 6.45) is 0.597. The predicted molar refractivity (Wildman–Crippen MR) is 94.3 cm³/mol. The van der Waals surface area contributed by atoms with Gasteiger partial charge in [0.05, 0.1) is 17.1 Å². The zero-order chi connectivity index (χ0) is 16.2. The van der Waals surface area contributed by atoms with Crippen molar-refractivity contribution in [2.24, 2.45) is 0 Å². The van der Waals surface area contributed by atoms with Crippen molar-refractivity contribution in [2.75, 3.05) is 18.4 Å². The minimum absolute atomic E-state index is 0. The van der Waals surface area contributed by atoms with Gasteiger partial charge in [-0.05, 0) is 41.6 Å². The van der Waals surface area contributed by atoms with Crippen molar-refractivity contribution in [1.82, 2.24) is 10.6 Å². The van der Waals surface area contributed by atoms with Gasteiger partial charge in [0.15, 0.2) is 0 Å². The summed E-state index contributed by atoms with van der Waals surface area (Å²) in [6.45, 7) is 1.16. The van der Waals surface area contributed by atoms with E-state index in [-0.39, 0.29) is 36.4 Å². The predicted octanol–water partition coefficient (Wildman–Crippen LogP) is 2.32. The quantitative estimate of drug-likeness (QED) is 0.774. The summed E-state index contributed by atoms with van der Waals surface area (Å²) in [5.41, 5.74) is 1.71. The first-order chi connectivity index (χ1) is 11.1. The Morgan fingerprint density at radius 3 is 2.88 bits per heavy atom. The van der Waals surface area contributed by atoms with E-state index < -0.39 is 5.91 Å². The second kappa shape index (κ2) is 8.23. The van der Waals surface area contributed by atoms with Crippen molar-refractivity contribution in [1.29, 1.82) is 0 Å². The number of anilines is 1. The lowest BCUT2D eigenvalue weighted by Gasteiger charge is -2.19. The van der Waals surface area contributed by atoms with Crippen molar-refractivity contribution in [3.63, 3.8) is 0 Å². The Balaban J connectivity index is 0.00000208. The maximum atomic E-state index is 14.4. The number of fused-ring (bicyclic) bond motifs is 1. The SMILES string of the molecule is Cl.O=C(CNC(=O)c1cccs1)Nc1ccc2c(c1F)CCNC2. The van der Waals surface area contributed by atoms with E-state index in [0.717, 1.165) is 12.1 Å². The van der Waals surface area contributed by atoms with E-state index in [1.54, 1.807) is 23.6 Å². The molecule has 0 radical (unpaired) electrons. The first kappa shape index (κ1) is 18.4. The number of carbonyl (C=O) groups excluding carboxylic acids is 2. The molecule has 24 heavy (non-hydrogen) atoms. The fourth-order valence-corrected chi connectivity index (χ4v) is 3.12. The van der Waals surface area contributed by atoms with Gasteiger partial charge in [0.25, 0.3) is 5.91 Å². The van der Waals surface area contributed by atoms with Crippen molar-refractivity contribution in [3.05, 3.63) is 51.5 Å². The molecule has 1 aliphatic rings. The molecule has 0 unspecified atom stereocenters. The number of halogens is 2. The fraction of sp³-hybridized carbons (Fsp3) is 0.250. The first-order valence-electron chi connectivity index (χ1n) is 7.27.